The molecular weight excluding hydrogens is 558 g/mol. The summed E-state index contributed by atoms with van der Waals surface area (Å²) in [5, 5.41) is 3.29. The lowest BCUT2D eigenvalue weighted by Gasteiger charge is -2.33. The van der Waals surface area contributed by atoms with Crippen molar-refractivity contribution in [1.29, 1.82) is 0 Å². The number of rotatable bonds is 12. The molecule has 0 saturated heterocycles. The molecule has 0 aliphatic heterocycles. The maximum atomic E-state index is 14.2. The molecule has 0 spiro atoms. The van der Waals surface area contributed by atoms with Crippen LogP contribution in [0.5, 0.6) is 0 Å². The van der Waals surface area contributed by atoms with E-state index in [9.17, 15) is 18.0 Å². The van der Waals surface area contributed by atoms with Crippen molar-refractivity contribution < 1.29 is 18.0 Å². The lowest BCUT2D eigenvalue weighted by molar-refractivity contribution is -0.140. The first-order valence-corrected chi connectivity index (χ1v) is 15.6. The highest BCUT2D eigenvalue weighted by Crippen LogP contribution is 2.30. The predicted octanol–water partition coefficient (Wildman–Crippen LogP) is 6.04. The number of carbonyl (C=O) groups excluding carboxylic acids is 2. The van der Waals surface area contributed by atoms with E-state index in [0.29, 0.717) is 29.2 Å². The van der Waals surface area contributed by atoms with E-state index in [1.54, 1.807) is 37.3 Å². The molecule has 9 heteroatoms. The number of hydrogen-bond acceptors (Lipinski definition) is 4. The molecule has 3 aromatic rings. The van der Waals surface area contributed by atoms with E-state index in [1.165, 1.54) is 17.0 Å². The van der Waals surface area contributed by atoms with Gasteiger partial charge in [0.25, 0.3) is 10.0 Å². The topological polar surface area (TPSA) is 86.8 Å². The summed E-state index contributed by atoms with van der Waals surface area (Å²) < 4.78 is 29.2. The van der Waals surface area contributed by atoms with Crippen LogP contribution in [0, 0.1) is 26.7 Å². The van der Waals surface area contributed by atoms with Crippen molar-refractivity contribution in [3.63, 3.8) is 0 Å². The molecule has 1 atom stereocenters. The second kappa shape index (κ2) is 14.0. The first kappa shape index (κ1) is 32.2. The number of hydrogen-bond donors (Lipinski definition) is 1. The smallest absolute Gasteiger partial charge is 0.264 e. The molecule has 0 heterocycles. The Morgan fingerprint density at radius 1 is 0.927 bits per heavy atom. The average Bonchev–Trinajstić information content (AvgIpc) is 2.92. The van der Waals surface area contributed by atoms with Gasteiger partial charge in [-0.1, -0.05) is 86.0 Å². The van der Waals surface area contributed by atoms with Crippen molar-refractivity contribution in [2.45, 2.75) is 65.4 Å². The average molecular weight is 598 g/mol. The fraction of sp³-hybridized carbons (Fsp3) is 0.375. The standard InChI is InChI=1S/C32H40ClN3O4S/c1-7-29(32(38)34-19-22(2)3)35(20-26-10-8-9-24(5)17-26)31(37)21-36(30-18-27(33)14-13-25(30)6)41(39,40)28-15-11-23(4)12-16-28/h8-18,22,29H,7,19-21H2,1-6H3,(H,34,38). The Balaban J connectivity index is 2.09. The van der Waals surface area contributed by atoms with Crippen LogP contribution in [-0.4, -0.2) is 44.3 Å². The number of carbonyl (C=O) groups is 2. The molecule has 220 valence electrons. The summed E-state index contributed by atoms with van der Waals surface area (Å²) in [6.07, 6.45) is 0.363. The first-order valence-electron chi connectivity index (χ1n) is 13.8. The third-order valence-electron chi connectivity index (χ3n) is 6.83. The van der Waals surface area contributed by atoms with Gasteiger partial charge >= 0.3 is 0 Å². The van der Waals surface area contributed by atoms with E-state index < -0.39 is 28.5 Å². The van der Waals surface area contributed by atoms with Crippen LogP contribution in [-0.2, 0) is 26.2 Å². The number of benzene rings is 3. The maximum Gasteiger partial charge on any atom is 0.264 e. The molecule has 0 saturated carbocycles. The number of anilines is 1. The van der Waals surface area contributed by atoms with E-state index in [2.05, 4.69) is 5.32 Å². The van der Waals surface area contributed by atoms with Crippen molar-refractivity contribution in [3.8, 4) is 0 Å². The highest BCUT2D eigenvalue weighted by atomic mass is 35.5. The number of nitrogens with zero attached hydrogens (tertiary/aromatic N) is 2. The third kappa shape index (κ3) is 8.33. The molecule has 41 heavy (non-hydrogen) atoms. The summed E-state index contributed by atoms with van der Waals surface area (Å²) in [4.78, 5) is 29.1. The Bertz CT molecular complexity index is 1470. The lowest BCUT2D eigenvalue weighted by atomic mass is 10.1. The first-order chi connectivity index (χ1) is 19.3. The molecule has 0 fully saturated rings. The number of amides is 2. The molecule has 0 aliphatic carbocycles. The van der Waals surface area contributed by atoms with Gasteiger partial charge in [-0.05, 0) is 68.5 Å². The van der Waals surface area contributed by atoms with E-state index in [-0.39, 0.29) is 23.3 Å². The zero-order valence-corrected chi connectivity index (χ0v) is 26.2. The van der Waals surface area contributed by atoms with Gasteiger partial charge in [0.15, 0.2) is 0 Å². The Labute approximate surface area is 249 Å². The van der Waals surface area contributed by atoms with Crippen molar-refractivity contribution in [3.05, 3.63) is 94.0 Å². The lowest BCUT2D eigenvalue weighted by Crippen LogP contribution is -2.52. The number of aryl methyl sites for hydroxylation is 3. The molecule has 0 aromatic heterocycles. The van der Waals surface area contributed by atoms with Gasteiger partial charge < -0.3 is 10.2 Å². The minimum atomic E-state index is -4.17. The third-order valence-corrected chi connectivity index (χ3v) is 8.84. The van der Waals surface area contributed by atoms with Crippen molar-refractivity contribution >= 4 is 39.1 Å². The monoisotopic (exact) mass is 597 g/mol. The van der Waals surface area contributed by atoms with Gasteiger partial charge in [-0.15, -0.1) is 0 Å². The van der Waals surface area contributed by atoms with Crippen LogP contribution >= 0.6 is 11.6 Å². The fourth-order valence-corrected chi connectivity index (χ4v) is 6.19. The van der Waals surface area contributed by atoms with Gasteiger partial charge in [0, 0.05) is 18.1 Å². The number of nitrogens with one attached hydrogen (secondary N) is 1. The van der Waals surface area contributed by atoms with Crippen molar-refractivity contribution in [2.75, 3.05) is 17.4 Å². The van der Waals surface area contributed by atoms with E-state index in [1.807, 2.05) is 58.9 Å². The zero-order chi connectivity index (χ0) is 30.3. The van der Waals surface area contributed by atoms with Crippen molar-refractivity contribution in [1.82, 2.24) is 10.2 Å². The second-order valence-electron chi connectivity index (χ2n) is 10.8. The Kier molecular flexibility index (Phi) is 11.0. The zero-order valence-electron chi connectivity index (χ0n) is 24.6. The van der Waals surface area contributed by atoms with Crippen LogP contribution in [0.4, 0.5) is 5.69 Å². The Hall–Kier alpha value is -3.36. The normalized spacial score (nSPS) is 12.2. The number of halogens is 1. The molecule has 3 aromatic carbocycles. The Morgan fingerprint density at radius 2 is 1.61 bits per heavy atom. The van der Waals surface area contributed by atoms with Crippen molar-refractivity contribution in [2.24, 2.45) is 5.92 Å². The summed E-state index contributed by atoms with van der Waals surface area (Å²) in [7, 11) is -4.17. The molecule has 0 bridgehead atoms. The summed E-state index contributed by atoms with van der Waals surface area (Å²) in [5.41, 5.74) is 3.72. The van der Waals surface area contributed by atoms with Gasteiger partial charge in [0.05, 0.1) is 10.6 Å². The van der Waals surface area contributed by atoms with Gasteiger partial charge in [-0.3, -0.25) is 13.9 Å². The summed E-state index contributed by atoms with van der Waals surface area (Å²) in [5.74, 6) is -0.527. The van der Waals surface area contributed by atoms with E-state index >= 15 is 0 Å². The molecule has 1 N–H and O–H groups in total. The molecule has 3 rings (SSSR count). The van der Waals surface area contributed by atoms with Gasteiger partial charge in [0.1, 0.15) is 12.6 Å². The fourth-order valence-electron chi connectivity index (χ4n) is 4.55. The highest BCUT2D eigenvalue weighted by molar-refractivity contribution is 7.92. The molecule has 0 aliphatic rings. The van der Waals surface area contributed by atoms with Gasteiger partial charge in [-0.25, -0.2) is 8.42 Å². The highest BCUT2D eigenvalue weighted by Gasteiger charge is 2.34. The minimum absolute atomic E-state index is 0.0576. The largest absolute Gasteiger partial charge is 0.354 e. The van der Waals surface area contributed by atoms with E-state index in [4.69, 9.17) is 11.6 Å². The maximum absolute atomic E-state index is 14.2. The van der Waals surface area contributed by atoms with Gasteiger partial charge in [-0.2, -0.15) is 0 Å². The van der Waals surface area contributed by atoms with Crippen LogP contribution in [0.25, 0.3) is 0 Å². The van der Waals surface area contributed by atoms with Crippen LogP contribution in [0.1, 0.15) is 49.4 Å². The van der Waals surface area contributed by atoms with E-state index in [0.717, 1.165) is 21.0 Å². The molecular formula is C32H40ClN3O4S. The van der Waals surface area contributed by atoms with Crippen LogP contribution in [0.15, 0.2) is 71.6 Å². The predicted molar refractivity (Wildman–Crippen MR) is 166 cm³/mol. The van der Waals surface area contributed by atoms with Crippen LogP contribution in [0.3, 0.4) is 0 Å². The molecule has 0 radical (unpaired) electrons. The quantitative estimate of drug-likeness (QED) is 0.276. The summed E-state index contributed by atoms with van der Waals surface area (Å²) in [6.45, 7) is 11.6. The number of sulfonamides is 1. The second-order valence-corrected chi connectivity index (χ2v) is 13.1. The summed E-state index contributed by atoms with van der Waals surface area (Å²) in [6, 6.07) is 18.4. The van der Waals surface area contributed by atoms with Gasteiger partial charge in [0.2, 0.25) is 11.8 Å². The Morgan fingerprint density at radius 3 is 2.22 bits per heavy atom. The summed E-state index contributed by atoms with van der Waals surface area (Å²) >= 11 is 6.30. The molecule has 2 amide bonds. The van der Waals surface area contributed by atoms with Crippen LogP contribution in [0.2, 0.25) is 5.02 Å². The molecule has 7 nitrogen and oxygen atoms in total. The van der Waals surface area contributed by atoms with Crippen LogP contribution < -0.4 is 9.62 Å². The molecule has 1 unspecified atom stereocenters. The SMILES string of the molecule is CCC(C(=O)NCC(C)C)N(Cc1cccc(C)c1)C(=O)CN(c1cc(Cl)ccc1C)S(=O)(=O)c1ccc(C)cc1. The minimum Gasteiger partial charge on any atom is -0.354 e.